The van der Waals surface area contributed by atoms with E-state index in [-0.39, 0.29) is 18.3 Å². The van der Waals surface area contributed by atoms with Crippen molar-refractivity contribution in [2.75, 3.05) is 24.3 Å². The molecule has 2 N–H and O–H groups in total. The summed E-state index contributed by atoms with van der Waals surface area (Å²) in [7, 11) is 1.52. The lowest BCUT2D eigenvalue weighted by Crippen LogP contribution is -2.45. The van der Waals surface area contributed by atoms with Gasteiger partial charge in [-0.05, 0) is 42.5 Å². The highest BCUT2D eigenvalue weighted by molar-refractivity contribution is 6.30. The van der Waals surface area contributed by atoms with Crippen molar-refractivity contribution in [1.82, 2.24) is 14.7 Å². The second kappa shape index (κ2) is 9.37. The number of nitrogens with one attached hydrogen (secondary N) is 2. The number of halogens is 2. The van der Waals surface area contributed by atoms with Gasteiger partial charge in [0.2, 0.25) is 5.91 Å². The number of rotatable bonds is 5. The molecular formula is C22H21ClFN5O3. The van der Waals surface area contributed by atoms with E-state index in [1.54, 1.807) is 48.8 Å². The number of carbonyl (C=O) groups excluding carboxylic acids is 2. The van der Waals surface area contributed by atoms with Crippen molar-refractivity contribution in [1.29, 1.82) is 0 Å². The van der Waals surface area contributed by atoms with E-state index in [0.29, 0.717) is 22.8 Å². The number of anilines is 2. The number of ether oxygens (including phenoxy) is 1. The largest absolute Gasteiger partial charge is 0.380 e. The lowest BCUT2D eigenvalue weighted by atomic mass is 10.1. The van der Waals surface area contributed by atoms with Gasteiger partial charge in [-0.3, -0.25) is 4.79 Å². The molecule has 0 spiro atoms. The fourth-order valence-corrected chi connectivity index (χ4v) is 3.68. The molecule has 1 aliphatic rings. The average molecular weight is 458 g/mol. The van der Waals surface area contributed by atoms with Crippen molar-refractivity contribution in [3.63, 3.8) is 0 Å². The van der Waals surface area contributed by atoms with Crippen LogP contribution in [0.25, 0.3) is 5.69 Å². The molecule has 3 aromatic rings. The van der Waals surface area contributed by atoms with Crippen LogP contribution in [0, 0.1) is 5.82 Å². The number of nitrogens with zero attached hydrogens (tertiary/aromatic N) is 3. The molecule has 32 heavy (non-hydrogen) atoms. The molecule has 0 saturated carbocycles. The Morgan fingerprint density at radius 2 is 1.97 bits per heavy atom. The summed E-state index contributed by atoms with van der Waals surface area (Å²) in [5.41, 5.74) is 1.08. The van der Waals surface area contributed by atoms with E-state index in [0.717, 1.165) is 0 Å². The van der Waals surface area contributed by atoms with Gasteiger partial charge in [0.15, 0.2) is 0 Å². The van der Waals surface area contributed by atoms with E-state index in [1.807, 2.05) is 0 Å². The minimum absolute atomic E-state index is 0.0184. The van der Waals surface area contributed by atoms with Crippen molar-refractivity contribution in [3.8, 4) is 5.69 Å². The third-order valence-electron chi connectivity index (χ3n) is 5.23. The zero-order chi connectivity index (χ0) is 22.7. The van der Waals surface area contributed by atoms with Gasteiger partial charge in [0.25, 0.3) is 0 Å². The van der Waals surface area contributed by atoms with Crippen LogP contribution in [0.4, 0.5) is 20.6 Å². The maximum atomic E-state index is 14.6. The van der Waals surface area contributed by atoms with Crippen LogP contribution in [-0.2, 0) is 9.53 Å². The normalized spacial score (nSPS) is 17.9. The minimum Gasteiger partial charge on any atom is -0.380 e. The number of amides is 3. The SMILES string of the molecule is COC1CC(C(=O)Nc2ccc(-n3cccn3)cc2F)N(C(=O)Nc2ccc(Cl)cc2)C1. The molecule has 3 amide bonds. The van der Waals surface area contributed by atoms with Gasteiger partial charge in [0, 0.05) is 49.2 Å². The third kappa shape index (κ3) is 4.74. The lowest BCUT2D eigenvalue weighted by Gasteiger charge is -2.24. The molecule has 4 rings (SSSR count). The topological polar surface area (TPSA) is 88.5 Å². The number of urea groups is 1. The Morgan fingerprint density at radius 3 is 2.62 bits per heavy atom. The Balaban J connectivity index is 1.48. The zero-order valence-electron chi connectivity index (χ0n) is 17.2. The average Bonchev–Trinajstić information content (AvgIpc) is 3.47. The summed E-state index contributed by atoms with van der Waals surface area (Å²) in [5, 5.41) is 9.94. The molecule has 1 fully saturated rings. The Labute approximate surface area is 188 Å². The van der Waals surface area contributed by atoms with E-state index >= 15 is 0 Å². The highest BCUT2D eigenvalue weighted by Gasteiger charge is 2.40. The molecule has 2 unspecified atom stereocenters. The van der Waals surface area contributed by atoms with Crippen molar-refractivity contribution in [2.24, 2.45) is 0 Å². The van der Waals surface area contributed by atoms with E-state index in [2.05, 4.69) is 15.7 Å². The molecule has 0 aliphatic carbocycles. The smallest absolute Gasteiger partial charge is 0.322 e. The maximum absolute atomic E-state index is 14.6. The van der Waals surface area contributed by atoms with Crippen molar-refractivity contribution < 1.29 is 18.7 Å². The number of carbonyl (C=O) groups is 2. The summed E-state index contributed by atoms with van der Waals surface area (Å²) in [6, 6.07) is 11.5. The Morgan fingerprint density at radius 1 is 1.19 bits per heavy atom. The number of likely N-dealkylation sites (tertiary alicyclic amines) is 1. The van der Waals surface area contributed by atoms with Crippen LogP contribution < -0.4 is 10.6 Å². The first-order valence-corrected chi connectivity index (χ1v) is 10.3. The van der Waals surface area contributed by atoms with Crippen molar-refractivity contribution in [3.05, 3.63) is 71.8 Å². The van der Waals surface area contributed by atoms with Crippen LogP contribution in [0.3, 0.4) is 0 Å². The zero-order valence-corrected chi connectivity index (χ0v) is 17.9. The van der Waals surface area contributed by atoms with Gasteiger partial charge in [0.1, 0.15) is 11.9 Å². The summed E-state index contributed by atoms with van der Waals surface area (Å²) in [5.74, 6) is -1.11. The van der Waals surface area contributed by atoms with Crippen LogP contribution >= 0.6 is 11.6 Å². The summed E-state index contributed by atoms with van der Waals surface area (Å²) in [6.07, 6.45) is 3.26. The van der Waals surface area contributed by atoms with Crippen LogP contribution in [-0.4, -0.2) is 52.4 Å². The second-order valence-electron chi connectivity index (χ2n) is 7.30. The Hall–Kier alpha value is -3.43. The van der Waals surface area contributed by atoms with Crippen LogP contribution in [0.1, 0.15) is 6.42 Å². The van der Waals surface area contributed by atoms with Crippen LogP contribution in [0.5, 0.6) is 0 Å². The Bertz CT molecular complexity index is 1110. The molecule has 1 saturated heterocycles. The van der Waals surface area contributed by atoms with Crippen LogP contribution in [0.2, 0.25) is 5.02 Å². The van der Waals surface area contributed by atoms with Gasteiger partial charge in [0.05, 0.1) is 17.5 Å². The molecule has 10 heteroatoms. The first-order valence-electron chi connectivity index (χ1n) is 9.91. The van der Waals surface area contributed by atoms with Gasteiger partial charge < -0.3 is 20.3 Å². The van der Waals surface area contributed by atoms with Gasteiger partial charge in [-0.2, -0.15) is 5.10 Å². The van der Waals surface area contributed by atoms with E-state index in [1.165, 1.54) is 28.8 Å². The van der Waals surface area contributed by atoms with Gasteiger partial charge in [-0.1, -0.05) is 11.6 Å². The molecule has 2 heterocycles. The fraction of sp³-hybridized carbons (Fsp3) is 0.227. The molecule has 1 aliphatic heterocycles. The van der Waals surface area contributed by atoms with Gasteiger partial charge >= 0.3 is 6.03 Å². The molecule has 2 atom stereocenters. The summed E-state index contributed by atoms with van der Waals surface area (Å²) in [4.78, 5) is 27.2. The van der Waals surface area contributed by atoms with Gasteiger partial charge in [-0.15, -0.1) is 0 Å². The molecule has 0 bridgehead atoms. The monoisotopic (exact) mass is 457 g/mol. The van der Waals surface area contributed by atoms with Crippen molar-refractivity contribution in [2.45, 2.75) is 18.6 Å². The summed E-state index contributed by atoms with van der Waals surface area (Å²) >= 11 is 5.88. The number of benzene rings is 2. The third-order valence-corrected chi connectivity index (χ3v) is 5.49. The molecule has 1 aromatic heterocycles. The predicted octanol–water partition coefficient (Wildman–Crippen LogP) is 3.92. The van der Waals surface area contributed by atoms with E-state index in [4.69, 9.17) is 16.3 Å². The molecule has 166 valence electrons. The second-order valence-corrected chi connectivity index (χ2v) is 7.74. The quantitative estimate of drug-likeness (QED) is 0.607. The number of hydrogen-bond donors (Lipinski definition) is 2. The maximum Gasteiger partial charge on any atom is 0.322 e. The van der Waals surface area contributed by atoms with E-state index in [9.17, 15) is 14.0 Å². The fourth-order valence-electron chi connectivity index (χ4n) is 3.56. The first kappa shape index (κ1) is 21.8. The molecule has 2 aromatic carbocycles. The molecule has 8 nitrogen and oxygen atoms in total. The number of hydrogen-bond acceptors (Lipinski definition) is 4. The Kier molecular flexibility index (Phi) is 6.38. The minimum atomic E-state index is -0.822. The van der Waals surface area contributed by atoms with E-state index < -0.39 is 23.8 Å². The van der Waals surface area contributed by atoms with Crippen LogP contribution in [0.15, 0.2) is 60.9 Å². The highest BCUT2D eigenvalue weighted by atomic mass is 35.5. The van der Waals surface area contributed by atoms with Crippen molar-refractivity contribution >= 4 is 34.9 Å². The summed E-state index contributed by atoms with van der Waals surface area (Å²) in [6.45, 7) is 0.231. The summed E-state index contributed by atoms with van der Waals surface area (Å²) < 4.78 is 21.5. The first-order chi connectivity index (χ1) is 15.4. The molecular weight excluding hydrogens is 437 g/mol. The predicted molar refractivity (Wildman–Crippen MR) is 119 cm³/mol. The number of methoxy groups -OCH3 is 1. The number of aromatic nitrogens is 2. The highest BCUT2D eigenvalue weighted by Crippen LogP contribution is 2.25. The van der Waals surface area contributed by atoms with Gasteiger partial charge in [-0.25, -0.2) is 13.9 Å². The standard InChI is InChI=1S/C22H21ClFN5O3/c1-32-17-12-20(28(13-17)22(31)26-15-5-3-14(23)4-6-15)21(30)27-19-8-7-16(11-18(19)24)29-10-2-9-25-29/h2-11,17,20H,12-13H2,1H3,(H,26,31)(H,27,30). The molecule has 0 radical (unpaired) electrons. The lowest BCUT2D eigenvalue weighted by molar-refractivity contribution is -0.119.